The second kappa shape index (κ2) is 14.3. The fourth-order valence-electron chi connectivity index (χ4n) is 2.52. The van der Waals surface area contributed by atoms with Gasteiger partial charge in [-0.1, -0.05) is 42.5 Å². The Morgan fingerprint density at radius 1 is 1.17 bits per heavy atom. The lowest BCUT2D eigenvalue weighted by Gasteiger charge is -2.22. The topological polar surface area (TPSA) is 53.9 Å². The van der Waals surface area contributed by atoms with Crippen molar-refractivity contribution in [2.24, 2.45) is 4.99 Å². The lowest BCUT2D eigenvalue weighted by molar-refractivity contribution is 0.270. The fourth-order valence-corrected chi connectivity index (χ4v) is 3.52. The molecule has 0 spiro atoms. The molecule has 5 nitrogen and oxygen atoms in total. The van der Waals surface area contributed by atoms with Gasteiger partial charge in [0.1, 0.15) is 6.61 Å². The third-order valence-electron chi connectivity index (χ3n) is 3.97. The zero-order valence-electron chi connectivity index (χ0n) is 16.8. The molecule has 0 saturated carbocycles. The molecule has 0 aromatic heterocycles. The number of hydrogen-bond acceptors (Lipinski definition) is 3. The summed E-state index contributed by atoms with van der Waals surface area (Å²) in [5.41, 5.74) is 1.07. The molecule has 0 heterocycles. The fraction of sp³-hybridized carbons (Fsp3) is 0.381. The standard InChI is InChI=1S/C21H28FN3O2S.HI/c1-3-23-21(24-13-16-28(26)17-18-9-5-4-6-10-18)25(2)14-15-27-20-12-8-7-11-19(20)22;/h4-12H,3,13-17H2,1-2H3,(H,23,24);1H. The highest BCUT2D eigenvalue weighted by atomic mass is 127. The van der Waals surface area contributed by atoms with Gasteiger partial charge in [-0.3, -0.25) is 9.20 Å². The van der Waals surface area contributed by atoms with E-state index in [0.717, 1.165) is 18.1 Å². The van der Waals surface area contributed by atoms with Crippen molar-refractivity contribution in [3.05, 3.63) is 66.0 Å². The molecule has 0 amide bonds. The molecular formula is C21H29FIN3O2S. The van der Waals surface area contributed by atoms with Gasteiger partial charge in [0, 0.05) is 35.9 Å². The molecule has 2 rings (SSSR count). The number of nitrogens with zero attached hydrogens (tertiary/aromatic N) is 2. The minimum Gasteiger partial charge on any atom is -0.489 e. The van der Waals surface area contributed by atoms with E-state index in [0.29, 0.717) is 31.2 Å². The number of ether oxygens (including phenoxy) is 1. The van der Waals surface area contributed by atoms with Crippen LogP contribution in [-0.4, -0.2) is 54.1 Å². The third kappa shape index (κ3) is 9.58. The van der Waals surface area contributed by atoms with Crippen LogP contribution in [0.5, 0.6) is 5.75 Å². The summed E-state index contributed by atoms with van der Waals surface area (Å²) < 4.78 is 31.3. The summed E-state index contributed by atoms with van der Waals surface area (Å²) in [5.74, 6) is 1.64. The first-order valence-corrected chi connectivity index (χ1v) is 10.8. The number of rotatable bonds is 10. The number of guanidine groups is 1. The highest BCUT2D eigenvalue weighted by molar-refractivity contribution is 14.0. The predicted molar refractivity (Wildman–Crippen MR) is 129 cm³/mol. The van der Waals surface area contributed by atoms with Crippen molar-refractivity contribution in [2.75, 3.05) is 39.0 Å². The summed E-state index contributed by atoms with van der Waals surface area (Å²) in [7, 11) is 0.939. The van der Waals surface area contributed by atoms with Gasteiger partial charge in [0.25, 0.3) is 0 Å². The number of halogens is 2. The van der Waals surface area contributed by atoms with Gasteiger partial charge in [-0.15, -0.1) is 24.0 Å². The van der Waals surface area contributed by atoms with Crippen molar-refractivity contribution in [3.8, 4) is 5.75 Å². The van der Waals surface area contributed by atoms with Crippen LogP contribution in [0, 0.1) is 5.82 Å². The summed E-state index contributed by atoms with van der Waals surface area (Å²) in [6.07, 6.45) is 0. The molecule has 0 bridgehead atoms. The Balaban J connectivity index is 0.00000420. The molecule has 0 radical (unpaired) electrons. The largest absolute Gasteiger partial charge is 0.489 e. The van der Waals surface area contributed by atoms with E-state index in [1.165, 1.54) is 6.07 Å². The number of likely N-dealkylation sites (N-methyl/N-ethyl adjacent to an activating group) is 1. The number of aliphatic imine (C=N–C) groups is 1. The van der Waals surface area contributed by atoms with Gasteiger partial charge < -0.3 is 15.0 Å². The highest BCUT2D eigenvalue weighted by Gasteiger charge is 2.08. The molecule has 2 aromatic carbocycles. The Hall–Kier alpha value is -1.68. The van der Waals surface area contributed by atoms with Gasteiger partial charge in [-0.2, -0.15) is 0 Å². The third-order valence-corrected chi connectivity index (χ3v) is 5.26. The second-order valence-corrected chi connectivity index (χ2v) is 7.79. The molecule has 0 saturated heterocycles. The van der Waals surface area contributed by atoms with E-state index in [4.69, 9.17) is 4.74 Å². The molecule has 29 heavy (non-hydrogen) atoms. The highest BCUT2D eigenvalue weighted by Crippen LogP contribution is 2.15. The molecule has 1 unspecified atom stereocenters. The Morgan fingerprint density at radius 3 is 2.55 bits per heavy atom. The lowest BCUT2D eigenvalue weighted by atomic mass is 10.2. The number of benzene rings is 2. The Kier molecular flexibility index (Phi) is 12.5. The van der Waals surface area contributed by atoms with Crippen molar-refractivity contribution in [3.63, 3.8) is 0 Å². The normalized spacial score (nSPS) is 12.0. The molecule has 160 valence electrons. The number of para-hydroxylation sites is 1. The van der Waals surface area contributed by atoms with Gasteiger partial charge in [0.05, 0.1) is 13.1 Å². The Bertz CT molecular complexity index is 778. The minimum atomic E-state index is -0.957. The first-order chi connectivity index (χ1) is 13.6. The van der Waals surface area contributed by atoms with Crippen LogP contribution >= 0.6 is 24.0 Å². The van der Waals surface area contributed by atoms with Crippen LogP contribution in [0.3, 0.4) is 0 Å². The van der Waals surface area contributed by atoms with E-state index in [2.05, 4.69) is 10.3 Å². The van der Waals surface area contributed by atoms with E-state index in [1.54, 1.807) is 18.2 Å². The van der Waals surface area contributed by atoms with E-state index in [1.807, 2.05) is 49.2 Å². The van der Waals surface area contributed by atoms with Crippen molar-refractivity contribution in [1.82, 2.24) is 10.2 Å². The maximum atomic E-state index is 13.6. The zero-order chi connectivity index (χ0) is 20.2. The first-order valence-electron chi connectivity index (χ1n) is 9.35. The Labute approximate surface area is 192 Å². The van der Waals surface area contributed by atoms with Crippen molar-refractivity contribution in [1.29, 1.82) is 0 Å². The summed E-state index contributed by atoms with van der Waals surface area (Å²) in [4.78, 5) is 6.47. The SMILES string of the molecule is CCNC(=NCCS(=O)Cc1ccccc1)N(C)CCOc1ccccc1F.I. The van der Waals surface area contributed by atoms with E-state index in [9.17, 15) is 8.60 Å². The molecule has 2 aromatic rings. The average Bonchev–Trinajstić information content (AvgIpc) is 2.69. The molecule has 1 N–H and O–H groups in total. The minimum absolute atomic E-state index is 0. The van der Waals surface area contributed by atoms with E-state index in [-0.39, 0.29) is 35.5 Å². The average molecular weight is 533 g/mol. The van der Waals surface area contributed by atoms with Gasteiger partial charge in [-0.25, -0.2) is 4.39 Å². The quantitative estimate of drug-likeness (QED) is 0.288. The smallest absolute Gasteiger partial charge is 0.193 e. The van der Waals surface area contributed by atoms with Crippen molar-refractivity contribution < 1.29 is 13.3 Å². The van der Waals surface area contributed by atoms with Crippen LogP contribution in [0.1, 0.15) is 12.5 Å². The van der Waals surface area contributed by atoms with Crippen LogP contribution in [0.4, 0.5) is 4.39 Å². The predicted octanol–water partition coefficient (Wildman–Crippen LogP) is 3.67. The molecule has 1 atom stereocenters. The maximum Gasteiger partial charge on any atom is 0.193 e. The molecule has 0 fully saturated rings. The van der Waals surface area contributed by atoms with Crippen LogP contribution in [0.25, 0.3) is 0 Å². The zero-order valence-corrected chi connectivity index (χ0v) is 20.0. The summed E-state index contributed by atoms with van der Waals surface area (Å²) in [6.45, 7) is 4.08. The van der Waals surface area contributed by atoms with E-state index >= 15 is 0 Å². The van der Waals surface area contributed by atoms with Gasteiger partial charge in [-0.05, 0) is 24.6 Å². The van der Waals surface area contributed by atoms with Crippen molar-refractivity contribution in [2.45, 2.75) is 12.7 Å². The van der Waals surface area contributed by atoms with Gasteiger partial charge >= 0.3 is 0 Å². The first kappa shape index (κ1) is 25.4. The van der Waals surface area contributed by atoms with E-state index < -0.39 is 10.8 Å². The molecule has 0 aliphatic carbocycles. The second-order valence-electron chi connectivity index (χ2n) is 6.21. The molecule has 0 aliphatic rings. The Morgan fingerprint density at radius 2 is 1.86 bits per heavy atom. The van der Waals surface area contributed by atoms with Crippen LogP contribution < -0.4 is 10.1 Å². The molecule has 0 aliphatic heterocycles. The molecular weight excluding hydrogens is 504 g/mol. The number of nitrogens with one attached hydrogen (secondary N) is 1. The van der Waals surface area contributed by atoms with Crippen LogP contribution in [0.2, 0.25) is 0 Å². The summed E-state index contributed by atoms with van der Waals surface area (Å²) in [5, 5.41) is 3.21. The van der Waals surface area contributed by atoms with Gasteiger partial charge in [0.2, 0.25) is 0 Å². The summed E-state index contributed by atoms with van der Waals surface area (Å²) in [6, 6.07) is 16.2. The molecule has 8 heteroatoms. The summed E-state index contributed by atoms with van der Waals surface area (Å²) >= 11 is 0. The van der Waals surface area contributed by atoms with Crippen LogP contribution in [-0.2, 0) is 16.6 Å². The monoisotopic (exact) mass is 533 g/mol. The maximum absolute atomic E-state index is 13.6. The lowest BCUT2D eigenvalue weighted by Crippen LogP contribution is -2.41. The van der Waals surface area contributed by atoms with Gasteiger partial charge in [0.15, 0.2) is 17.5 Å². The number of hydrogen-bond donors (Lipinski definition) is 1. The van der Waals surface area contributed by atoms with Crippen LogP contribution in [0.15, 0.2) is 59.6 Å². The van der Waals surface area contributed by atoms with Crippen molar-refractivity contribution >= 4 is 40.7 Å².